The van der Waals surface area contributed by atoms with E-state index in [1.807, 2.05) is 0 Å². The highest BCUT2D eigenvalue weighted by atomic mass is 19.1. The predicted molar refractivity (Wildman–Crippen MR) is 99.4 cm³/mol. The fourth-order valence-corrected chi connectivity index (χ4v) is 3.26. The van der Waals surface area contributed by atoms with Gasteiger partial charge in [0.2, 0.25) is 5.91 Å². The zero-order chi connectivity index (χ0) is 19.8. The van der Waals surface area contributed by atoms with Gasteiger partial charge in [-0.2, -0.15) is 5.10 Å². The van der Waals surface area contributed by atoms with Crippen LogP contribution in [-0.4, -0.2) is 27.2 Å². The van der Waals surface area contributed by atoms with E-state index in [4.69, 9.17) is 5.11 Å². The van der Waals surface area contributed by atoms with Crippen LogP contribution in [0.3, 0.4) is 0 Å². The Bertz CT molecular complexity index is 1160. The van der Waals surface area contributed by atoms with E-state index < -0.39 is 29.5 Å². The third kappa shape index (κ3) is 3.36. The smallest absolute Gasteiger partial charge is 0.307 e. The number of hydrogen-bond acceptors (Lipinski definition) is 4. The molecule has 0 bridgehead atoms. The largest absolute Gasteiger partial charge is 0.481 e. The number of nitrogens with zero attached hydrogens (tertiary/aromatic N) is 1. The van der Waals surface area contributed by atoms with Crippen molar-refractivity contribution in [3.8, 4) is 0 Å². The van der Waals surface area contributed by atoms with Crippen LogP contribution >= 0.6 is 0 Å². The summed E-state index contributed by atoms with van der Waals surface area (Å²) in [6, 6.07) is 11.4. The number of carbonyl (C=O) groups is 2. The van der Waals surface area contributed by atoms with Gasteiger partial charge in [0.15, 0.2) is 0 Å². The standard InChI is InChI=1S/C20H16FN3O4/c21-15-6-5-10(8-17(15)22-18(25)13-9-14(13)20(27)28)7-16-11-3-1-2-4-12(11)19(26)24-23-16/h1-6,8,13-14H,7,9H2,(H,22,25)(H,24,26)(H,27,28). The summed E-state index contributed by atoms with van der Waals surface area (Å²) < 4.78 is 14.1. The third-order valence-electron chi connectivity index (χ3n) is 4.88. The Morgan fingerprint density at radius 3 is 2.64 bits per heavy atom. The number of carboxylic acid groups (broad SMARTS) is 1. The maximum absolute atomic E-state index is 14.1. The number of rotatable bonds is 5. The van der Waals surface area contributed by atoms with Gasteiger partial charge in [0.05, 0.1) is 28.6 Å². The van der Waals surface area contributed by atoms with Gasteiger partial charge in [-0.1, -0.05) is 24.3 Å². The number of halogens is 1. The minimum absolute atomic E-state index is 0.00716. The molecule has 1 aliphatic rings. The zero-order valence-electron chi connectivity index (χ0n) is 14.6. The number of anilines is 1. The number of carboxylic acids is 1. The quantitative estimate of drug-likeness (QED) is 0.628. The molecule has 3 aromatic rings. The van der Waals surface area contributed by atoms with Crippen LogP contribution in [0.1, 0.15) is 17.7 Å². The summed E-state index contributed by atoms with van der Waals surface area (Å²) in [4.78, 5) is 34.9. The van der Waals surface area contributed by atoms with Crippen molar-refractivity contribution in [2.24, 2.45) is 11.8 Å². The lowest BCUT2D eigenvalue weighted by Crippen LogP contribution is -2.17. The van der Waals surface area contributed by atoms with Crippen LogP contribution in [0.2, 0.25) is 0 Å². The summed E-state index contributed by atoms with van der Waals surface area (Å²) in [7, 11) is 0. The molecule has 2 atom stereocenters. The van der Waals surface area contributed by atoms with Crippen LogP contribution in [0, 0.1) is 17.7 Å². The highest BCUT2D eigenvalue weighted by Gasteiger charge is 2.48. The lowest BCUT2D eigenvalue weighted by molar-refractivity contribution is -0.139. The number of aliphatic carboxylic acids is 1. The molecule has 1 fully saturated rings. The normalized spacial score (nSPS) is 18.0. The average molecular weight is 381 g/mol. The number of nitrogens with one attached hydrogen (secondary N) is 2. The molecule has 1 saturated carbocycles. The number of aromatic nitrogens is 2. The molecule has 3 N–H and O–H groups in total. The minimum Gasteiger partial charge on any atom is -0.481 e. The monoisotopic (exact) mass is 381 g/mol. The molecule has 2 aromatic carbocycles. The molecule has 0 radical (unpaired) electrons. The zero-order valence-corrected chi connectivity index (χ0v) is 14.6. The highest BCUT2D eigenvalue weighted by molar-refractivity contribution is 5.98. The molecule has 0 aliphatic heterocycles. The van der Waals surface area contributed by atoms with Crippen molar-refractivity contribution in [1.82, 2.24) is 10.2 Å². The van der Waals surface area contributed by atoms with E-state index in [9.17, 15) is 18.8 Å². The lowest BCUT2D eigenvalue weighted by atomic mass is 10.0. The number of benzene rings is 2. The van der Waals surface area contributed by atoms with Gasteiger partial charge >= 0.3 is 5.97 Å². The third-order valence-corrected chi connectivity index (χ3v) is 4.88. The summed E-state index contributed by atoms with van der Waals surface area (Å²) >= 11 is 0. The van der Waals surface area contributed by atoms with Crippen LogP contribution in [-0.2, 0) is 16.0 Å². The van der Waals surface area contributed by atoms with E-state index >= 15 is 0 Å². The second-order valence-corrected chi connectivity index (χ2v) is 6.81. The van der Waals surface area contributed by atoms with Crippen molar-refractivity contribution in [3.05, 3.63) is 69.9 Å². The van der Waals surface area contributed by atoms with Crippen LogP contribution in [0.15, 0.2) is 47.3 Å². The number of aromatic amines is 1. The molecular formula is C20H16FN3O4. The summed E-state index contributed by atoms with van der Waals surface area (Å²) in [6.45, 7) is 0. The Kier molecular flexibility index (Phi) is 4.38. The van der Waals surface area contributed by atoms with E-state index in [0.29, 0.717) is 28.5 Å². The predicted octanol–water partition coefficient (Wildman–Crippen LogP) is 2.31. The van der Waals surface area contributed by atoms with Crippen LogP contribution in [0.25, 0.3) is 10.8 Å². The topological polar surface area (TPSA) is 112 Å². The van der Waals surface area contributed by atoms with Gasteiger partial charge in [0.1, 0.15) is 5.82 Å². The molecule has 1 heterocycles. The minimum atomic E-state index is -1.02. The molecule has 1 amide bonds. The van der Waals surface area contributed by atoms with Gasteiger partial charge in [-0.05, 0) is 30.2 Å². The molecule has 28 heavy (non-hydrogen) atoms. The second-order valence-electron chi connectivity index (χ2n) is 6.81. The lowest BCUT2D eigenvalue weighted by Gasteiger charge is -2.09. The first kappa shape index (κ1) is 17.8. The molecule has 1 aliphatic carbocycles. The molecular weight excluding hydrogens is 365 g/mol. The summed E-state index contributed by atoms with van der Waals surface area (Å²) in [5, 5.41) is 19.2. The maximum atomic E-state index is 14.1. The fourth-order valence-electron chi connectivity index (χ4n) is 3.26. The van der Waals surface area contributed by atoms with Crippen molar-refractivity contribution in [2.75, 3.05) is 5.32 Å². The Labute approximate surface area is 158 Å². The maximum Gasteiger partial charge on any atom is 0.307 e. The number of H-pyrrole nitrogens is 1. The molecule has 142 valence electrons. The Morgan fingerprint density at radius 1 is 1.18 bits per heavy atom. The van der Waals surface area contributed by atoms with Gasteiger partial charge in [-0.25, -0.2) is 9.49 Å². The molecule has 0 saturated heterocycles. The first-order chi connectivity index (χ1) is 13.4. The molecule has 7 nitrogen and oxygen atoms in total. The SMILES string of the molecule is O=C(O)C1CC1C(=O)Nc1cc(Cc2n[nH]c(=O)c3ccccc23)ccc1F. The van der Waals surface area contributed by atoms with Crippen molar-refractivity contribution in [2.45, 2.75) is 12.8 Å². The van der Waals surface area contributed by atoms with Crippen LogP contribution in [0.4, 0.5) is 10.1 Å². The van der Waals surface area contributed by atoms with E-state index in [1.54, 1.807) is 30.3 Å². The van der Waals surface area contributed by atoms with E-state index in [-0.39, 0.29) is 17.7 Å². The number of amides is 1. The van der Waals surface area contributed by atoms with Crippen molar-refractivity contribution in [3.63, 3.8) is 0 Å². The van der Waals surface area contributed by atoms with E-state index in [1.165, 1.54) is 12.1 Å². The molecule has 8 heteroatoms. The molecule has 1 aromatic heterocycles. The van der Waals surface area contributed by atoms with Gasteiger partial charge in [0, 0.05) is 11.8 Å². The molecule has 2 unspecified atom stereocenters. The number of fused-ring (bicyclic) bond motifs is 1. The molecule has 4 rings (SSSR count). The Hall–Kier alpha value is -3.55. The average Bonchev–Trinajstić information content (AvgIpc) is 3.48. The number of hydrogen-bond donors (Lipinski definition) is 3. The van der Waals surface area contributed by atoms with Crippen LogP contribution < -0.4 is 10.9 Å². The van der Waals surface area contributed by atoms with Crippen molar-refractivity contribution < 1.29 is 19.1 Å². The summed E-state index contributed by atoms with van der Waals surface area (Å²) in [6.07, 6.45) is 0.581. The first-order valence-corrected chi connectivity index (χ1v) is 8.72. The van der Waals surface area contributed by atoms with Gasteiger partial charge < -0.3 is 10.4 Å². The van der Waals surface area contributed by atoms with Gasteiger partial charge in [-0.15, -0.1) is 0 Å². The van der Waals surface area contributed by atoms with E-state index in [2.05, 4.69) is 15.5 Å². The van der Waals surface area contributed by atoms with E-state index in [0.717, 1.165) is 0 Å². The van der Waals surface area contributed by atoms with Crippen LogP contribution in [0.5, 0.6) is 0 Å². The summed E-state index contributed by atoms with van der Waals surface area (Å²) in [5.74, 6) is -3.47. The Balaban J connectivity index is 1.58. The molecule has 0 spiro atoms. The van der Waals surface area contributed by atoms with Crippen molar-refractivity contribution >= 4 is 28.3 Å². The summed E-state index contributed by atoms with van der Waals surface area (Å²) in [5.41, 5.74) is 1.01. The first-order valence-electron chi connectivity index (χ1n) is 8.72. The highest BCUT2D eigenvalue weighted by Crippen LogP contribution is 2.39. The van der Waals surface area contributed by atoms with Gasteiger partial charge in [-0.3, -0.25) is 14.4 Å². The van der Waals surface area contributed by atoms with Gasteiger partial charge in [0.25, 0.3) is 5.56 Å². The fraction of sp³-hybridized carbons (Fsp3) is 0.200. The number of carbonyl (C=O) groups excluding carboxylic acids is 1. The van der Waals surface area contributed by atoms with Crippen molar-refractivity contribution in [1.29, 1.82) is 0 Å². The Morgan fingerprint density at radius 2 is 1.93 bits per heavy atom. The second kappa shape index (κ2) is 6.88.